The smallest absolute Gasteiger partial charge is 0.226 e. The summed E-state index contributed by atoms with van der Waals surface area (Å²) in [6.45, 7) is 7.46. The number of carbonyl (C=O) groups is 2. The molecule has 20 heavy (non-hydrogen) atoms. The average Bonchev–Trinajstić information content (AvgIpc) is 2.32. The van der Waals surface area contributed by atoms with Crippen molar-refractivity contribution in [3.63, 3.8) is 0 Å². The molecule has 0 radical (unpaired) electrons. The zero-order valence-electron chi connectivity index (χ0n) is 12.3. The Hall–Kier alpha value is -1.91. The van der Waals surface area contributed by atoms with Gasteiger partial charge in [0.15, 0.2) is 0 Å². The molecule has 0 aromatic heterocycles. The Morgan fingerprint density at radius 2 is 1.90 bits per heavy atom. The molecular formula is C15H21FN2O2. The third-order valence-corrected chi connectivity index (χ3v) is 2.79. The molecule has 4 nitrogen and oxygen atoms in total. The molecule has 0 atom stereocenters. The van der Waals surface area contributed by atoms with Crippen LogP contribution in [0.4, 0.5) is 10.1 Å². The number of nitrogens with one attached hydrogen (secondary N) is 2. The third kappa shape index (κ3) is 4.99. The SMILES string of the molecule is Cc1ccc(F)cc1NC(=O)CCNC(=O)C(C)(C)C. The molecule has 0 saturated carbocycles. The van der Waals surface area contributed by atoms with Gasteiger partial charge in [-0.05, 0) is 24.6 Å². The van der Waals surface area contributed by atoms with Crippen LogP contribution in [0.2, 0.25) is 0 Å². The van der Waals surface area contributed by atoms with Gasteiger partial charge in [-0.3, -0.25) is 9.59 Å². The van der Waals surface area contributed by atoms with E-state index in [9.17, 15) is 14.0 Å². The Kier molecular flexibility index (Phi) is 5.25. The minimum absolute atomic E-state index is 0.104. The molecule has 0 aliphatic rings. The lowest BCUT2D eigenvalue weighted by molar-refractivity contribution is -0.128. The van der Waals surface area contributed by atoms with Crippen LogP contribution in [0, 0.1) is 18.2 Å². The van der Waals surface area contributed by atoms with Gasteiger partial charge in [-0.2, -0.15) is 0 Å². The first kappa shape index (κ1) is 16.1. The summed E-state index contributed by atoms with van der Waals surface area (Å²) in [5.74, 6) is -0.757. The molecule has 0 fully saturated rings. The van der Waals surface area contributed by atoms with Crippen LogP contribution in [-0.4, -0.2) is 18.4 Å². The summed E-state index contributed by atoms with van der Waals surface area (Å²) in [4.78, 5) is 23.3. The molecule has 2 N–H and O–H groups in total. The Bertz CT molecular complexity index is 507. The summed E-state index contributed by atoms with van der Waals surface area (Å²) in [5.41, 5.74) is 0.769. The third-order valence-electron chi connectivity index (χ3n) is 2.79. The Labute approximate surface area is 118 Å². The predicted molar refractivity (Wildman–Crippen MR) is 76.8 cm³/mol. The van der Waals surface area contributed by atoms with E-state index in [1.165, 1.54) is 12.1 Å². The van der Waals surface area contributed by atoms with Gasteiger partial charge in [0, 0.05) is 24.1 Å². The number of anilines is 1. The van der Waals surface area contributed by atoms with Gasteiger partial charge < -0.3 is 10.6 Å². The first-order chi connectivity index (χ1) is 9.20. The Morgan fingerprint density at radius 3 is 2.50 bits per heavy atom. The maximum Gasteiger partial charge on any atom is 0.226 e. The fourth-order valence-electron chi connectivity index (χ4n) is 1.50. The molecule has 2 amide bonds. The predicted octanol–water partition coefficient (Wildman–Crippen LogP) is 2.63. The summed E-state index contributed by atoms with van der Waals surface area (Å²) >= 11 is 0. The molecule has 0 saturated heterocycles. The number of aryl methyl sites for hydroxylation is 1. The number of amides is 2. The Morgan fingerprint density at radius 1 is 1.25 bits per heavy atom. The monoisotopic (exact) mass is 280 g/mol. The van der Waals surface area contributed by atoms with Gasteiger partial charge in [0.2, 0.25) is 11.8 Å². The van der Waals surface area contributed by atoms with Crippen molar-refractivity contribution in [3.05, 3.63) is 29.6 Å². The normalized spacial score (nSPS) is 11.1. The van der Waals surface area contributed by atoms with Crippen molar-refractivity contribution in [2.45, 2.75) is 34.1 Å². The largest absolute Gasteiger partial charge is 0.355 e. The van der Waals surface area contributed by atoms with Crippen molar-refractivity contribution in [2.24, 2.45) is 5.41 Å². The molecule has 1 aromatic rings. The van der Waals surface area contributed by atoms with Gasteiger partial charge in [0.25, 0.3) is 0 Å². The molecule has 0 aliphatic heterocycles. The van der Waals surface area contributed by atoms with Crippen LogP contribution in [0.3, 0.4) is 0 Å². The van der Waals surface area contributed by atoms with E-state index in [0.29, 0.717) is 5.69 Å². The van der Waals surface area contributed by atoms with Crippen LogP contribution >= 0.6 is 0 Å². The first-order valence-corrected chi connectivity index (χ1v) is 6.54. The van der Waals surface area contributed by atoms with Crippen molar-refractivity contribution >= 4 is 17.5 Å². The molecule has 1 aromatic carbocycles. The zero-order chi connectivity index (χ0) is 15.3. The van der Waals surface area contributed by atoms with Gasteiger partial charge in [0.1, 0.15) is 5.82 Å². The van der Waals surface area contributed by atoms with Crippen molar-refractivity contribution in [1.82, 2.24) is 5.32 Å². The van der Waals surface area contributed by atoms with Crippen LogP contribution in [-0.2, 0) is 9.59 Å². The second kappa shape index (κ2) is 6.50. The number of rotatable bonds is 4. The van der Waals surface area contributed by atoms with E-state index in [0.717, 1.165) is 5.56 Å². The summed E-state index contributed by atoms with van der Waals surface area (Å²) < 4.78 is 13.1. The van der Waals surface area contributed by atoms with E-state index in [1.54, 1.807) is 33.8 Å². The molecule has 0 spiro atoms. The highest BCUT2D eigenvalue weighted by atomic mass is 19.1. The zero-order valence-corrected chi connectivity index (χ0v) is 12.3. The second-order valence-electron chi connectivity index (χ2n) is 5.76. The lowest BCUT2D eigenvalue weighted by Crippen LogP contribution is -2.36. The summed E-state index contributed by atoms with van der Waals surface area (Å²) in [6.07, 6.45) is 0.151. The number of halogens is 1. The quantitative estimate of drug-likeness (QED) is 0.890. The van der Waals surface area contributed by atoms with Gasteiger partial charge >= 0.3 is 0 Å². The van der Waals surface area contributed by atoms with E-state index >= 15 is 0 Å². The number of carbonyl (C=O) groups excluding carboxylic acids is 2. The summed E-state index contributed by atoms with van der Waals surface area (Å²) in [6, 6.07) is 4.22. The van der Waals surface area contributed by atoms with Crippen molar-refractivity contribution < 1.29 is 14.0 Å². The van der Waals surface area contributed by atoms with E-state index < -0.39 is 11.2 Å². The maximum absolute atomic E-state index is 13.1. The maximum atomic E-state index is 13.1. The van der Waals surface area contributed by atoms with E-state index in [-0.39, 0.29) is 24.8 Å². The van der Waals surface area contributed by atoms with Crippen molar-refractivity contribution in [3.8, 4) is 0 Å². The minimum atomic E-state index is -0.477. The van der Waals surface area contributed by atoms with Gasteiger partial charge in [-0.1, -0.05) is 26.8 Å². The lowest BCUT2D eigenvalue weighted by atomic mass is 9.96. The molecule has 0 heterocycles. The fourth-order valence-corrected chi connectivity index (χ4v) is 1.50. The average molecular weight is 280 g/mol. The summed E-state index contributed by atoms with van der Waals surface area (Å²) in [5, 5.41) is 5.32. The van der Waals surface area contributed by atoms with E-state index in [1.807, 2.05) is 0 Å². The van der Waals surface area contributed by atoms with Crippen LogP contribution < -0.4 is 10.6 Å². The molecule has 0 unspecified atom stereocenters. The van der Waals surface area contributed by atoms with E-state index in [4.69, 9.17) is 0 Å². The van der Waals surface area contributed by atoms with Crippen LogP contribution in [0.5, 0.6) is 0 Å². The first-order valence-electron chi connectivity index (χ1n) is 6.54. The number of hydrogen-bond acceptors (Lipinski definition) is 2. The van der Waals surface area contributed by atoms with Crippen LogP contribution in [0.25, 0.3) is 0 Å². The van der Waals surface area contributed by atoms with Gasteiger partial charge in [-0.15, -0.1) is 0 Å². The highest BCUT2D eigenvalue weighted by molar-refractivity contribution is 5.92. The topological polar surface area (TPSA) is 58.2 Å². The highest BCUT2D eigenvalue weighted by Crippen LogP contribution is 2.16. The van der Waals surface area contributed by atoms with Gasteiger partial charge in [0.05, 0.1) is 0 Å². The molecule has 0 bridgehead atoms. The Balaban J connectivity index is 2.45. The molecule has 1 rings (SSSR count). The minimum Gasteiger partial charge on any atom is -0.355 e. The molecular weight excluding hydrogens is 259 g/mol. The standard InChI is InChI=1S/C15H21FN2O2/c1-10-5-6-11(16)9-12(10)18-13(19)7-8-17-14(20)15(2,3)4/h5-6,9H,7-8H2,1-4H3,(H,17,20)(H,18,19). The fraction of sp³-hybridized carbons (Fsp3) is 0.467. The van der Waals surface area contributed by atoms with E-state index in [2.05, 4.69) is 10.6 Å². The molecule has 0 aliphatic carbocycles. The second-order valence-corrected chi connectivity index (χ2v) is 5.76. The van der Waals surface area contributed by atoms with Crippen LogP contribution in [0.15, 0.2) is 18.2 Å². The van der Waals surface area contributed by atoms with Crippen molar-refractivity contribution in [2.75, 3.05) is 11.9 Å². The van der Waals surface area contributed by atoms with Crippen LogP contribution in [0.1, 0.15) is 32.8 Å². The molecule has 110 valence electrons. The molecule has 5 heteroatoms. The number of hydrogen-bond donors (Lipinski definition) is 2. The summed E-state index contributed by atoms with van der Waals surface area (Å²) in [7, 11) is 0. The lowest BCUT2D eigenvalue weighted by Gasteiger charge is -2.17. The van der Waals surface area contributed by atoms with Crippen molar-refractivity contribution in [1.29, 1.82) is 0 Å². The van der Waals surface area contributed by atoms with Gasteiger partial charge in [-0.25, -0.2) is 4.39 Å². The number of benzene rings is 1. The highest BCUT2D eigenvalue weighted by Gasteiger charge is 2.20.